The molecule has 0 saturated heterocycles. The first-order chi connectivity index (χ1) is 12.1. The molecule has 0 aliphatic rings. The number of halogens is 1. The first-order valence-electron chi connectivity index (χ1n) is 8.14. The van der Waals surface area contributed by atoms with Crippen LogP contribution in [0.1, 0.15) is 10.6 Å². The third-order valence-corrected chi connectivity index (χ3v) is 4.85. The van der Waals surface area contributed by atoms with Crippen LogP contribution in [0, 0.1) is 5.82 Å². The SMILES string of the molecule is CN(CC(=O)NCCc1nc2ccccc2s1)Cc1cccc(F)c1. The predicted molar refractivity (Wildman–Crippen MR) is 99.1 cm³/mol. The van der Waals surface area contributed by atoms with Gasteiger partial charge in [0.2, 0.25) is 5.91 Å². The molecule has 25 heavy (non-hydrogen) atoms. The van der Waals surface area contributed by atoms with Crippen molar-refractivity contribution in [1.82, 2.24) is 15.2 Å². The van der Waals surface area contributed by atoms with Gasteiger partial charge >= 0.3 is 0 Å². The minimum atomic E-state index is -0.258. The number of nitrogens with zero attached hydrogens (tertiary/aromatic N) is 2. The van der Waals surface area contributed by atoms with Crippen molar-refractivity contribution in [1.29, 1.82) is 0 Å². The third kappa shape index (κ3) is 5.08. The van der Waals surface area contributed by atoms with Gasteiger partial charge in [0.25, 0.3) is 0 Å². The van der Waals surface area contributed by atoms with E-state index in [1.165, 1.54) is 16.8 Å². The summed E-state index contributed by atoms with van der Waals surface area (Å²) in [6.07, 6.45) is 0.721. The molecule has 1 amide bonds. The lowest BCUT2D eigenvalue weighted by molar-refractivity contribution is -0.122. The van der Waals surface area contributed by atoms with Gasteiger partial charge in [-0.05, 0) is 36.9 Å². The molecule has 1 heterocycles. The largest absolute Gasteiger partial charge is 0.355 e. The molecule has 0 radical (unpaired) electrons. The van der Waals surface area contributed by atoms with E-state index in [9.17, 15) is 9.18 Å². The number of benzene rings is 2. The predicted octanol–water partition coefficient (Wildman–Crippen LogP) is 3.23. The summed E-state index contributed by atoms with van der Waals surface area (Å²) in [7, 11) is 1.85. The molecule has 0 unspecified atom stereocenters. The van der Waals surface area contributed by atoms with E-state index in [2.05, 4.69) is 16.4 Å². The van der Waals surface area contributed by atoms with Crippen LogP contribution >= 0.6 is 11.3 Å². The minimum absolute atomic E-state index is 0.0417. The van der Waals surface area contributed by atoms with Crippen molar-refractivity contribution in [2.24, 2.45) is 0 Å². The Morgan fingerprint density at radius 3 is 2.88 bits per heavy atom. The van der Waals surface area contributed by atoms with Gasteiger partial charge in [-0.15, -0.1) is 11.3 Å². The Kier molecular flexibility index (Phi) is 5.73. The maximum absolute atomic E-state index is 13.2. The van der Waals surface area contributed by atoms with Crippen molar-refractivity contribution < 1.29 is 9.18 Å². The van der Waals surface area contributed by atoms with Gasteiger partial charge in [0.1, 0.15) is 5.82 Å². The van der Waals surface area contributed by atoms with Crippen molar-refractivity contribution >= 4 is 27.5 Å². The van der Waals surface area contributed by atoms with Crippen molar-refractivity contribution in [2.45, 2.75) is 13.0 Å². The minimum Gasteiger partial charge on any atom is -0.355 e. The molecule has 130 valence electrons. The molecule has 0 aliphatic heterocycles. The Morgan fingerprint density at radius 1 is 1.24 bits per heavy atom. The zero-order valence-electron chi connectivity index (χ0n) is 14.0. The first kappa shape index (κ1) is 17.5. The fourth-order valence-corrected chi connectivity index (χ4v) is 3.61. The number of rotatable bonds is 7. The van der Waals surface area contributed by atoms with Gasteiger partial charge in [-0.1, -0.05) is 24.3 Å². The van der Waals surface area contributed by atoms with E-state index >= 15 is 0 Å². The van der Waals surface area contributed by atoms with Crippen LogP contribution in [-0.4, -0.2) is 35.9 Å². The number of hydrogen-bond donors (Lipinski definition) is 1. The molecule has 0 fully saturated rings. The Bertz CT molecular complexity index is 832. The smallest absolute Gasteiger partial charge is 0.234 e. The van der Waals surface area contributed by atoms with E-state index in [-0.39, 0.29) is 18.3 Å². The van der Waals surface area contributed by atoms with Gasteiger partial charge < -0.3 is 5.32 Å². The number of aromatic nitrogens is 1. The first-order valence-corrected chi connectivity index (χ1v) is 8.96. The summed E-state index contributed by atoms with van der Waals surface area (Å²) in [6, 6.07) is 14.5. The van der Waals surface area contributed by atoms with Crippen LogP contribution in [0.5, 0.6) is 0 Å². The number of carbonyl (C=O) groups is 1. The Balaban J connectivity index is 1.43. The third-order valence-electron chi connectivity index (χ3n) is 3.75. The summed E-state index contributed by atoms with van der Waals surface area (Å²) in [4.78, 5) is 18.4. The fourth-order valence-electron chi connectivity index (χ4n) is 2.64. The second-order valence-electron chi connectivity index (χ2n) is 5.98. The highest BCUT2D eigenvalue weighted by atomic mass is 32.1. The molecule has 4 nitrogen and oxygen atoms in total. The van der Waals surface area contributed by atoms with Crippen LogP contribution in [0.15, 0.2) is 48.5 Å². The quantitative estimate of drug-likeness (QED) is 0.706. The summed E-state index contributed by atoms with van der Waals surface area (Å²) in [6.45, 7) is 1.37. The standard InChI is InChI=1S/C19H20FN3OS/c1-23(12-14-5-4-6-15(20)11-14)13-18(24)21-10-9-19-22-16-7-2-3-8-17(16)25-19/h2-8,11H,9-10,12-13H2,1H3,(H,21,24). The molecule has 0 spiro atoms. The number of thiazole rings is 1. The lowest BCUT2D eigenvalue weighted by atomic mass is 10.2. The maximum atomic E-state index is 13.2. The average Bonchev–Trinajstić information content (AvgIpc) is 2.97. The highest BCUT2D eigenvalue weighted by Crippen LogP contribution is 2.21. The molecule has 6 heteroatoms. The Hall–Kier alpha value is -2.31. The van der Waals surface area contributed by atoms with Gasteiger partial charge in [-0.25, -0.2) is 9.37 Å². The van der Waals surface area contributed by atoms with Crippen molar-refractivity contribution in [2.75, 3.05) is 20.1 Å². The van der Waals surface area contributed by atoms with Crippen LogP contribution in [0.2, 0.25) is 0 Å². The number of amides is 1. The zero-order chi connectivity index (χ0) is 17.6. The normalized spacial score (nSPS) is 11.2. The molecule has 2 aromatic carbocycles. The molecular formula is C19H20FN3OS. The van der Waals surface area contributed by atoms with Gasteiger partial charge in [-0.2, -0.15) is 0 Å². The zero-order valence-corrected chi connectivity index (χ0v) is 14.9. The van der Waals surface area contributed by atoms with Crippen LogP contribution in [0.25, 0.3) is 10.2 Å². The average molecular weight is 357 g/mol. The number of fused-ring (bicyclic) bond motifs is 1. The molecule has 0 bridgehead atoms. The second-order valence-corrected chi connectivity index (χ2v) is 7.09. The van der Waals surface area contributed by atoms with Crippen molar-refractivity contribution in [3.05, 3.63) is 64.9 Å². The fraction of sp³-hybridized carbons (Fsp3) is 0.263. The van der Waals surface area contributed by atoms with E-state index in [0.29, 0.717) is 13.1 Å². The van der Waals surface area contributed by atoms with Crippen molar-refractivity contribution in [3.8, 4) is 0 Å². The van der Waals surface area contributed by atoms with E-state index in [4.69, 9.17) is 0 Å². The van der Waals surface area contributed by atoms with Gasteiger partial charge in [-0.3, -0.25) is 9.69 Å². The number of nitrogens with one attached hydrogen (secondary N) is 1. The van der Waals surface area contributed by atoms with E-state index in [0.717, 1.165) is 22.5 Å². The molecule has 3 rings (SSSR count). The molecule has 3 aromatic rings. The number of hydrogen-bond acceptors (Lipinski definition) is 4. The summed E-state index contributed by atoms with van der Waals surface area (Å²) in [5.41, 5.74) is 1.86. The highest BCUT2D eigenvalue weighted by Gasteiger charge is 2.08. The molecular weight excluding hydrogens is 337 g/mol. The Morgan fingerprint density at radius 2 is 2.08 bits per heavy atom. The van der Waals surface area contributed by atoms with E-state index in [1.54, 1.807) is 17.4 Å². The number of likely N-dealkylation sites (N-methyl/N-ethyl adjacent to an activating group) is 1. The van der Waals surface area contributed by atoms with E-state index < -0.39 is 0 Å². The van der Waals surface area contributed by atoms with Crippen LogP contribution in [0.4, 0.5) is 4.39 Å². The van der Waals surface area contributed by atoms with Crippen molar-refractivity contribution in [3.63, 3.8) is 0 Å². The maximum Gasteiger partial charge on any atom is 0.234 e. The van der Waals surface area contributed by atoms with E-state index in [1.807, 2.05) is 36.2 Å². The van der Waals surface area contributed by atoms with Gasteiger partial charge in [0.05, 0.1) is 21.8 Å². The molecule has 0 saturated carbocycles. The number of para-hydroxylation sites is 1. The van der Waals surface area contributed by atoms with Crippen LogP contribution < -0.4 is 5.32 Å². The summed E-state index contributed by atoms with van der Waals surface area (Å²) in [5.74, 6) is -0.300. The summed E-state index contributed by atoms with van der Waals surface area (Å²) < 4.78 is 14.3. The molecule has 0 atom stereocenters. The lowest BCUT2D eigenvalue weighted by Gasteiger charge is -2.16. The summed E-state index contributed by atoms with van der Waals surface area (Å²) in [5, 5.41) is 3.94. The van der Waals surface area contributed by atoms with Crippen LogP contribution in [-0.2, 0) is 17.8 Å². The van der Waals surface area contributed by atoms with Gasteiger partial charge in [0, 0.05) is 19.5 Å². The van der Waals surface area contributed by atoms with Crippen LogP contribution in [0.3, 0.4) is 0 Å². The lowest BCUT2D eigenvalue weighted by Crippen LogP contribution is -2.35. The molecule has 0 aliphatic carbocycles. The van der Waals surface area contributed by atoms with Gasteiger partial charge in [0.15, 0.2) is 0 Å². The molecule has 1 N–H and O–H groups in total. The topological polar surface area (TPSA) is 45.2 Å². The Labute approximate surface area is 150 Å². The number of carbonyl (C=O) groups excluding carboxylic acids is 1. The highest BCUT2D eigenvalue weighted by molar-refractivity contribution is 7.18. The molecule has 1 aromatic heterocycles. The summed E-state index contributed by atoms with van der Waals surface area (Å²) >= 11 is 1.66. The second kappa shape index (κ2) is 8.18. The monoisotopic (exact) mass is 357 g/mol.